The van der Waals surface area contributed by atoms with Crippen molar-refractivity contribution in [2.75, 3.05) is 20.1 Å². The van der Waals surface area contributed by atoms with Crippen LogP contribution in [0.25, 0.3) is 0 Å². The number of carbonyl (C=O) groups is 1. The molecule has 0 aliphatic carbocycles. The molecule has 1 unspecified atom stereocenters. The van der Waals surface area contributed by atoms with Gasteiger partial charge in [-0.3, -0.25) is 4.79 Å². The number of rotatable bonds is 5. The van der Waals surface area contributed by atoms with Crippen LogP contribution in [0.15, 0.2) is 5.16 Å². The Labute approximate surface area is 130 Å². The summed E-state index contributed by atoms with van der Waals surface area (Å²) in [6, 6.07) is 0. The Morgan fingerprint density at radius 1 is 1.40 bits per heavy atom. The van der Waals surface area contributed by atoms with Crippen LogP contribution in [0, 0.1) is 0 Å². The quantitative estimate of drug-likeness (QED) is 0.822. The fraction of sp³-hybridized carbons (Fsp3) is 0.750. The summed E-state index contributed by atoms with van der Waals surface area (Å²) in [6.45, 7) is 4.41. The fourth-order valence-electron chi connectivity index (χ4n) is 2.16. The van der Waals surface area contributed by atoms with Crippen molar-refractivity contribution in [3.05, 3.63) is 5.82 Å². The zero-order valence-corrected chi connectivity index (χ0v) is 13.8. The van der Waals surface area contributed by atoms with Crippen LogP contribution in [0.3, 0.4) is 0 Å². The van der Waals surface area contributed by atoms with Crippen LogP contribution >= 0.6 is 24.2 Å². The molecular weight excluding hydrogens is 298 g/mol. The summed E-state index contributed by atoms with van der Waals surface area (Å²) < 4.78 is 1.94. The fourth-order valence-corrected chi connectivity index (χ4v) is 3.08. The van der Waals surface area contributed by atoms with E-state index in [0.717, 1.165) is 36.9 Å². The van der Waals surface area contributed by atoms with E-state index in [1.165, 1.54) is 11.8 Å². The lowest BCUT2D eigenvalue weighted by atomic mass is 10.4. The van der Waals surface area contributed by atoms with Crippen LogP contribution in [0.5, 0.6) is 0 Å². The molecule has 1 amide bonds. The molecule has 8 heteroatoms. The molecule has 1 aliphatic heterocycles. The van der Waals surface area contributed by atoms with Crippen LogP contribution in [0.4, 0.5) is 0 Å². The molecule has 2 rings (SSSR count). The van der Waals surface area contributed by atoms with Crippen molar-refractivity contribution in [1.82, 2.24) is 25.0 Å². The highest BCUT2D eigenvalue weighted by atomic mass is 35.5. The van der Waals surface area contributed by atoms with Crippen molar-refractivity contribution >= 4 is 30.1 Å². The van der Waals surface area contributed by atoms with Crippen LogP contribution in [-0.4, -0.2) is 51.0 Å². The summed E-state index contributed by atoms with van der Waals surface area (Å²) in [4.78, 5) is 14.2. The maximum Gasteiger partial charge on any atom is 0.235 e. The maximum absolute atomic E-state index is 12.2. The first-order chi connectivity index (χ1) is 9.13. The number of thioether (sulfide) groups is 1. The zero-order chi connectivity index (χ0) is 13.8. The first kappa shape index (κ1) is 17.3. The van der Waals surface area contributed by atoms with Crippen LogP contribution < -0.4 is 5.32 Å². The number of amides is 1. The summed E-state index contributed by atoms with van der Waals surface area (Å²) in [5.41, 5.74) is 0. The SMILES string of the molecule is CNCc1nnc(SC(C)C(=O)N2CCCC2)n1C.Cl. The van der Waals surface area contributed by atoms with Gasteiger partial charge < -0.3 is 14.8 Å². The third-order valence-corrected chi connectivity index (χ3v) is 4.43. The monoisotopic (exact) mass is 319 g/mol. The third-order valence-electron chi connectivity index (χ3n) is 3.31. The summed E-state index contributed by atoms with van der Waals surface area (Å²) in [5, 5.41) is 12.0. The topological polar surface area (TPSA) is 63.1 Å². The van der Waals surface area contributed by atoms with Crippen LogP contribution in [-0.2, 0) is 18.4 Å². The Morgan fingerprint density at radius 2 is 2.05 bits per heavy atom. The van der Waals surface area contributed by atoms with E-state index >= 15 is 0 Å². The number of nitrogens with zero attached hydrogens (tertiary/aromatic N) is 4. The normalized spacial score (nSPS) is 16.1. The molecule has 1 atom stereocenters. The number of hydrogen-bond acceptors (Lipinski definition) is 5. The first-order valence-corrected chi connectivity index (χ1v) is 7.49. The van der Waals surface area contributed by atoms with E-state index in [0.29, 0.717) is 6.54 Å². The van der Waals surface area contributed by atoms with Crippen molar-refractivity contribution in [3.63, 3.8) is 0 Å². The molecule has 1 N–H and O–H groups in total. The number of likely N-dealkylation sites (tertiary alicyclic amines) is 1. The molecule has 0 bridgehead atoms. The van der Waals surface area contributed by atoms with Crippen molar-refractivity contribution in [2.24, 2.45) is 7.05 Å². The number of nitrogens with one attached hydrogen (secondary N) is 1. The van der Waals surface area contributed by atoms with E-state index in [1.807, 2.05) is 30.5 Å². The summed E-state index contributed by atoms with van der Waals surface area (Å²) in [6.07, 6.45) is 2.25. The lowest BCUT2D eigenvalue weighted by molar-refractivity contribution is -0.129. The lowest BCUT2D eigenvalue weighted by Crippen LogP contribution is -2.34. The predicted molar refractivity (Wildman–Crippen MR) is 82.1 cm³/mol. The summed E-state index contributed by atoms with van der Waals surface area (Å²) >= 11 is 1.48. The lowest BCUT2D eigenvalue weighted by Gasteiger charge is -2.19. The Balaban J connectivity index is 0.00000200. The van der Waals surface area contributed by atoms with Gasteiger partial charge in [0.1, 0.15) is 5.82 Å². The van der Waals surface area contributed by atoms with Gasteiger partial charge in [-0.2, -0.15) is 0 Å². The molecular formula is C12H22ClN5OS. The van der Waals surface area contributed by atoms with Gasteiger partial charge >= 0.3 is 0 Å². The van der Waals surface area contributed by atoms with E-state index in [1.54, 1.807) is 0 Å². The minimum atomic E-state index is -0.108. The molecule has 1 aliphatic rings. The van der Waals surface area contributed by atoms with E-state index in [2.05, 4.69) is 15.5 Å². The maximum atomic E-state index is 12.2. The van der Waals surface area contributed by atoms with E-state index < -0.39 is 0 Å². The van der Waals surface area contributed by atoms with Gasteiger partial charge in [-0.25, -0.2) is 0 Å². The van der Waals surface area contributed by atoms with E-state index in [4.69, 9.17) is 0 Å². The van der Waals surface area contributed by atoms with Gasteiger partial charge in [0.15, 0.2) is 5.16 Å². The van der Waals surface area contributed by atoms with Crippen molar-refractivity contribution in [3.8, 4) is 0 Å². The highest BCUT2D eigenvalue weighted by Crippen LogP contribution is 2.24. The van der Waals surface area contributed by atoms with Crippen molar-refractivity contribution in [2.45, 2.75) is 36.7 Å². The van der Waals surface area contributed by atoms with Gasteiger partial charge in [-0.15, -0.1) is 22.6 Å². The molecule has 0 radical (unpaired) electrons. The Kier molecular flexibility index (Phi) is 6.78. The molecule has 1 aromatic heterocycles. The highest BCUT2D eigenvalue weighted by molar-refractivity contribution is 8.00. The predicted octanol–water partition coefficient (Wildman–Crippen LogP) is 1.06. The molecule has 0 spiro atoms. The van der Waals surface area contributed by atoms with Crippen LogP contribution in [0.2, 0.25) is 0 Å². The second-order valence-electron chi connectivity index (χ2n) is 4.78. The average Bonchev–Trinajstić information content (AvgIpc) is 3.03. The first-order valence-electron chi connectivity index (χ1n) is 6.61. The molecule has 1 fully saturated rings. The zero-order valence-electron chi connectivity index (χ0n) is 12.1. The molecule has 1 aromatic rings. The Morgan fingerprint density at radius 3 is 2.65 bits per heavy atom. The number of halogens is 1. The van der Waals surface area contributed by atoms with Gasteiger partial charge in [0.05, 0.1) is 11.8 Å². The number of aromatic nitrogens is 3. The molecule has 0 aromatic carbocycles. The van der Waals surface area contributed by atoms with Crippen molar-refractivity contribution in [1.29, 1.82) is 0 Å². The molecule has 0 saturated carbocycles. The largest absolute Gasteiger partial charge is 0.342 e. The van der Waals surface area contributed by atoms with Gasteiger partial charge in [0, 0.05) is 20.1 Å². The molecule has 1 saturated heterocycles. The summed E-state index contributed by atoms with van der Waals surface area (Å²) in [5.74, 6) is 1.09. The number of hydrogen-bond donors (Lipinski definition) is 1. The minimum absolute atomic E-state index is 0. The van der Waals surface area contributed by atoms with E-state index in [-0.39, 0.29) is 23.6 Å². The second kappa shape index (κ2) is 7.85. The second-order valence-corrected chi connectivity index (χ2v) is 6.09. The molecule has 6 nitrogen and oxygen atoms in total. The minimum Gasteiger partial charge on any atom is -0.342 e. The van der Waals surface area contributed by atoms with Gasteiger partial charge in [0.25, 0.3) is 0 Å². The highest BCUT2D eigenvalue weighted by Gasteiger charge is 2.25. The standard InChI is InChI=1S/C12H21N5OS.ClH/c1-9(11(18)17-6-4-5-7-17)19-12-15-14-10(8-13-2)16(12)3;/h9,13H,4-8H2,1-3H3;1H. The van der Waals surface area contributed by atoms with E-state index in [9.17, 15) is 4.79 Å². The molecule has 20 heavy (non-hydrogen) atoms. The molecule has 114 valence electrons. The third kappa shape index (κ3) is 3.86. The van der Waals surface area contributed by atoms with Gasteiger partial charge in [-0.05, 0) is 26.8 Å². The van der Waals surface area contributed by atoms with Gasteiger partial charge in [-0.1, -0.05) is 11.8 Å². The average molecular weight is 320 g/mol. The Bertz CT molecular complexity index is 447. The smallest absolute Gasteiger partial charge is 0.235 e. The number of carbonyl (C=O) groups excluding carboxylic acids is 1. The summed E-state index contributed by atoms with van der Waals surface area (Å²) in [7, 11) is 3.81. The molecule has 2 heterocycles. The Hall–Kier alpha value is -0.790. The van der Waals surface area contributed by atoms with Gasteiger partial charge in [0.2, 0.25) is 5.91 Å². The van der Waals surface area contributed by atoms with Crippen molar-refractivity contribution < 1.29 is 4.79 Å². The van der Waals surface area contributed by atoms with Crippen LogP contribution in [0.1, 0.15) is 25.6 Å².